The molecule has 136 valence electrons. The molecule has 2 saturated heterocycles. The van der Waals surface area contributed by atoms with Crippen LogP contribution in [-0.4, -0.2) is 29.9 Å². The minimum atomic E-state index is -0.160. The van der Waals surface area contributed by atoms with Gasteiger partial charge in [-0.05, 0) is 43.5 Å². The summed E-state index contributed by atoms with van der Waals surface area (Å²) in [6.07, 6.45) is 3.35. The molecule has 3 unspecified atom stereocenters. The molecule has 2 bridgehead atoms. The van der Waals surface area contributed by atoms with Crippen molar-refractivity contribution in [3.05, 3.63) is 41.3 Å². The molecule has 0 radical (unpaired) electrons. The molecule has 26 heavy (non-hydrogen) atoms. The first-order chi connectivity index (χ1) is 12.6. The van der Waals surface area contributed by atoms with Gasteiger partial charge in [-0.3, -0.25) is 9.59 Å². The van der Waals surface area contributed by atoms with Crippen molar-refractivity contribution in [2.75, 3.05) is 5.32 Å². The number of benzene rings is 1. The summed E-state index contributed by atoms with van der Waals surface area (Å²) in [7, 11) is 0. The van der Waals surface area contributed by atoms with Crippen LogP contribution < -0.4 is 20.7 Å². The standard InChI is InChI=1S/C19H21N3O3S/c1-11(23)20-14-4-2-3-5-16(14)25-18-9-8-17(26-18)19(24)22-15-10-12-6-7-13(15)21-12/h2-5,8-9,12-13,15,21H,6-7,10H2,1H3,(H,20,23)(H,22,24). The van der Waals surface area contributed by atoms with Crippen molar-refractivity contribution >= 4 is 28.8 Å². The van der Waals surface area contributed by atoms with Crippen LogP contribution in [0.1, 0.15) is 35.9 Å². The van der Waals surface area contributed by atoms with E-state index in [1.807, 2.05) is 12.1 Å². The molecule has 0 saturated carbocycles. The average molecular weight is 371 g/mol. The maximum Gasteiger partial charge on any atom is 0.261 e. The zero-order valence-corrected chi connectivity index (χ0v) is 15.3. The highest BCUT2D eigenvalue weighted by molar-refractivity contribution is 7.15. The van der Waals surface area contributed by atoms with Gasteiger partial charge >= 0.3 is 0 Å². The Morgan fingerprint density at radius 2 is 2.04 bits per heavy atom. The van der Waals surface area contributed by atoms with Gasteiger partial charge in [-0.15, -0.1) is 0 Å². The van der Waals surface area contributed by atoms with Crippen molar-refractivity contribution in [3.63, 3.8) is 0 Å². The number of hydrogen-bond donors (Lipinski definition) is 3. The van der Waals surface area contributed by atoms with Crippen molar-refractivity contribution in [1.29, 1.82) is 0 Å². The molecule has 3 heterocycles. The van der Waals surface area contributed by atoms with Crippen LogP contribution in [0, 0.1) is 0 Å². The maximum absolute atomic E-state index is 12.5. The average Bonchev–Trinajstić information content (AvgIpc) is 3.33. The van der Waals surface area contributed by atoms with Gasteiger partial charge < -0.3 is 20.7 Å². The molecule has 6 nitrogen and oxygen atoms in total. The zero-order chi connectivity index (χ0) is 18.1. The number of anilines is 1. The molecule has 2 aliphatic heterocycles. The monoisotopic (exact) mass is 371 g/mol. The first-order valence-electron chi connectivity index (χ1n) is 8.80. The molecule has 2 aromatic rings. The molecule has 2 aliphatic rings. The topological polar surface area (TPSA) is 79.5 Å². The summed E-state index contributed by atoms with van der Waals surface area (Å²) in [6, 6.07) is 12.0. The third-order valence-corrected chi connectivity index (χ3v) is 5.79. The molecule has 7 heteroatoms. The van der Waals surface area contributed by atoms with Gasteiger partial charge in [-0.2, -0.15) is 0 Å². The lowest BCUT2D eigenvalue weighted by Crippen LogP contribution is -2.42. The molecular formula is C19H21N3O3S. The van der Waals surface area contributed by atoms with Crippen LogP contribution in [0.4, 0.5) is 5.69 Å². The summed E-state index contributed by atoms with van der Waals surface area (Å²) in [5.74, 6) is 0.333. The Labute approximate surface area is 155 Å². The first kappa shape index (κ1) is 17.1. The van der Waals surface area contributed by atoms with Crippen LogP contribution in [0.25, 0.3) is 0 Å². The maximum atomic E-state index is 12.5. The largest absolute Gasteiger partial charge is 0.444 e. The smallest absolute Gasteiger partial charge is 0.261 e. The van der Waals surface area contributed by atoms with E-state index in [-0.39, 0.29) is 17.9 Å². The van der Waals surface area contributed by atoms with E-state index in [1.165, 1.54) is 24.7 Å². The summed E-state index contributed by atoms with van der Waals surface area (Å²) in [6.45, 7) is 1.45. The van der Waals surface area contributed by atoms with E-state index in [2.05, 4.69) is 16.0 Å². The number of carbonyl (C=O) groups is 2. The van der Waals surface area contributed by atoms with E-state index < -0.39 is 0 Å². The molecule has 1 aromatic carbocycles. The van der Waals surface area contributed by atoms with Gasteiger partial charge in [-0.25, -0.2) is 0 Å². The van der Waals surface area contributed by atoms with Crippen LogP contribution in [0.2, 0.25) is 0 Å². The van der Waals surface area contributed by atoms with Crippen LogP contribution >= 0.6 is 11.3 Å². The second kappa shape index (κ2) is 7.09. The Morgan fingerprint density at radius 1 is 1.19 bits per heavy atom. The number of amides is 2. The van der Waals surface area contributed by atoms with Crippen LogP contribution in [0.15, 0.2) is 36.4 Å². The molecule has 4 rings (SSSR count). The summed E-state index contributed by atoms with van der Waals surface area (Å²) >= 11 is 1.30. The van der Waals surface area contributed by atoms with Gasteiger partial charge in [0.2, 0.25) is 5.91 Å². The Kier molecular flexibility index (Phi) is 4.65. The van der Waals surface area contributed by atoms with Crippen molar-refractivity contribution in [1.82, 2.24) is 10.6 Å². The number of para-hydroxylation sites is 2. The van der Waals surface area contributed by atoms with E-state index in [0.717, 1.165) is 12.8 Å². The first-order valence-corrected chi connectivity index (χ1v) is 9.61. The Bertz CT molecular complexity index is 835. The van der Waals surface area contributed by atoms with Gasteiger partial charge in [0.15, 0.2) is 10.8 Å². The second-order valence-electron chi connectivity index (χ2n) is 6.76. The number of nitrogens with one attached hydrogen (secondary N) is 3. The third-order valence-electron chi connectivity index (χ3n) is 4.83. The van der Waals surface area contributed by atoms with Crippen LogP contribution in [-0.2, 0) is 4.79 Å². The van der Waals surface area contributed by atoms with Crippen LogP contribution in [0.5, 0.6) is 10.8 Å². The number of ether oxygens (including phenoxy) is 1. The Balaban J connectivity index is 1.42. The van der Waals surface area contributed by atoms with E-state index in [0.29, 0.717) is 33.5 Å². The quantitative estimate of drug-likeness (QED) is 0.754. The molecule has 0 aliphatic carbocycles. The highest BCUT2D eigenvalue weighted by Gasteiger charge is 2.39. The fourth-order valence-electron chi connectivity index (χ4n) is 3.68. The second-order valence-corrected chi connectivity index (χ2v) is 7.81. The Hall–Kier alpha value is -2.38. The molecule has 0 spiro atoms. The predicted octanol–water partition coefficient (Wildman–Crippen LogP) is 3.12. The van der Waals surface area contributed by atoms with E-state index in [1.54, 1.807) is 24.3 Å². The normalized spacial score (nSPS) is 23.7. The lowest BCUT2D eigenvalue weighted by Gasteiger charge is -2.20. The number of thiophene rings is 1. The van der Waals surface area contributed by atoms with Crippen molar-refractivity contribution < 1.29 is 14.3 Å². The van der Waals surface area contributed by atoms with Gasteiger partial charge in [0.25, 0.3) is 5.91 Å². The van der Waals surface area contributed by atoms with Gasteiger partial charge in [0.1, 0.15) is 0 Å². The van der Waals surface area contributed by atoms with E-state index in [9.17, 15) is 9.59 Å². The van der Waals surface area contributed by atoms with E-state index in [4.69, 9.17) is 4.74 Å². The number of carbonyl (C=O) groups excluding carboxylic acids is 2. The summed E-state index contributed by atoms with van der Waals surface area (Å²) in [5, 5.41) is 10.0. The summed E-state index contributed by atoms with van der Waals surface area (Å²) < 4.78 is 5.87. The fraction of sp³-hybridized carbons (Fsp3) is 0.368. The SMILES string of the molecule is CC(=O)Nc1ccccc1Oc1ccc(C(=O)NC2CC3CCC2N3)s1. The lowest BCUT2D eigenvalue weighted by atomic mass is 9.95. The number of hydrogen-bond acceptors (Lipinski definition) is 5. The van der Waals surface area contributed by atoms with Crippen molar-refractivity contribution in [2.45, 2.75) is 44.3 Å². The molecule has 2 fully saturated rings. The highest BCUT2D eigenvalue weighted by atomic mass is 32.1. The Morgan fingerprint density at radius 3 is 2.77 bits per heavy atom. The molecule has 2 amide bonds. The molecular weight excluding hydrogens is 350 g/mol. The minimum absolute atomic E-state index is 0.0562. The fourth-order valence-corrected chi connectivity index (χ4v) is 4.45. The summed E-state index contributed by atoms with van der Waals surface area (Å²) in [5.41, 5.74) is 0.604. The minimum Gasteiger partial charge on any atom is -0.444 e. The molecule has 3 N–H and O–H groups in total. The molecule has 3 atom stereocenters. The number of fused-ring (bicyclic) bond motifs is 2. The third kappa shape index (κ3) is 3.59. The predicted molar refractivity (Wildman–Crippen MR) is 101 cm³/mol. The van der Waals surface area contributed by atoms with Gasteiger partial charge in [0, 0.05) is 25.0 Å². The summed E-state index contributed by atoms with van der Waals surface area (Å²) in [4.78, 5) is 24.4. The van der Waals surface area contributed by atoms with Gasteiger partial charge in [0.05, 0.1) is 10.6 Å². The molecule has 1 aromatic heterocycles. The van der Waals surface area contributed by atoms with E-state index >= 15 is 0 Å². The van der Waals surface area contributed by atoms with Gasteiger partial charge in [-0.1, -0.05) is 23.5 Å². The number of rotatable bonds is 5. The zero-order valence-electron chi connectivity index (χ0n) is 14.5. The van der Waals surface area contributed by atoms with Crippen molar-refractivity contribution in [2.24, 2.45) is 0 Å². The van der Waals surface area contributed by atoms with Crippen molar-refractivity contribution in [3.8, 4) is 10.8 Å². The van der Waals surface area contributed by atoms with Crippen LogP contribution in [0.3, 0.4) is 0 Å². The highest BCUT2D eigenvalue weighted by Crippen LogP contribution is 2.34. The lowest BCUT2D eigenvalue weighted by molar-refractivity contribution is -0.114.